The van der Waals surface area contributed by atoms with E-state index in [1.807, 2.05) is 6.92 Å². The Labute approximate surface area is 98.6 Å². The maximum Gasteiger partial charge on any atom is 0.221 e. The molecule has 16 heavy (non-hydrogen) atoms. The summed E-state index contributed by atoms with van der Waals surface area (Å²) >= 11 is 0. The van der Waals surface area contributed by atoms with Crippen molar-refractivity contribution in [3.8, 4) is 0 Å². The van der Waals surface area contributed by atoms with E-state index in [-0.39, 0.29) is 11.9 Å². The van der Waals surface area contributed by atoms with Gasteiger partial charge in [0.1, 0.15) is 0 Å². The van der Waals surface area contributed by atoms with Gasteiger partial charge in [0, 0.05) is 24.5 Å². The fourth-order valence-electron chi connectivity index (χ4n) is 2.34. The fourth-order valence-corrected chi connectivity index (χ4v) is 2.34. The van der Waals surface area contributed by atoms with Crippen molar-refractivity contribution in [2.45, 2.75) is 57.2 Å². The molecule has 94 valence electrons. The van der Waals surface area contributed by atoms with Gasteiger partial charge in [-0.05, 0) is 46.7 Å². The molecule has 1 aliphatic rings. The second-order valence-corrected chi connectivity index (χ2v) is 5.23. The van der Waals surface area contributed by atoms with E-state index >= 15 is 0 Å². The molecule has 1 amide bonds. The number of nitrogens with zero attached hydrogens (tertiary/aromatic N) is 1. The summed E-state index contributed by atoms with van der Waals surface area (Å²) in [6.07, 6.45) is 5.05. The molecule has 0 aliphatic heterocycles. The highest BCUT2D eigenvalue weighted by Gasteiger charge is 2.24. The van der Waals surface area contributed by atoms with Gasteiger partial charge in [0.05, 0.1) is 0 Å². The van der Waals surface area contributed by atoms with Crippen molar-refractivity contribution in [2.75, 3.05) is 14.1 Å². The van der Waals surface area contributed by atoms with E-state index in [1.54, 1.807) is 0 Å². The van der Waals surface area contributed by atoms with Crippen molar-refractivity contribution in [1.82, 2.24) is 10.2 Å². The second kappa shape index (κ2) is 6.21. The maximum atomic E-state index is 11.6. The minimum absolute atomic E-state index is 0.0479. The average Bonchev–Trinajstić information content (AvgIpc) is 2.16. The van der Waals surface area contributed by atoms with Crippen LogP contribution in [0.2, 0.25) is 0 Å². The molecule has 0 aromatic heterocycles. The van der Waals surface area contributed by atoms with Gasteiger partial charge in [0.15, 0.2) is 0 Å². The predicted octanol–water partition coefficient (Wildman–Crippen LogP) is 0.713. The molecule has 0 aromatic rings. The highest BCUT2D eigenvalue weighted by molar-refractivity contribution is 5.76. The van der Waals surface area contributed by atoms with Crippen LogP contribution in [0.1, 0.15) is 39.0 Å². The average molecular weight is 227 g/mol. The van der Waals surface area contributed by atoms with Crippen LogP contribution in [0.4, 0.5) is 0 Å². The van der Waals surface area contributed by atoms with E-state index in [2.05, 4.69) is 24.3 Å². The molecule has 3 N–H and O–H groups in total. The molecule has 0 radical (unpaired) electrons. The number of nitrogens with one attached hydrogen (secondary N) is 1. The van der Waals surface area contributed by atoms with Crippen LogP contribution in [0.5, 0.6) is 0 Å². The summed E-state index contributed by atoms with van der Waals surface area (Å²) < 4.78 is 0. The van der Waals surface area contributed by atoms with Crippen LogP contribution in [0.3, 0.4) is 0 Å². The molecule has 0 aromatic carbocycles. The number of hydrogen-bond acceptors (Lipinski definition) is 3. The highest BCUT2D eigenvalue weighted by Crippen LogP contribution is 2.21. The molecule has 1 rings (SSSR count). The maximum absolute atomic E-state index is 11.6. The number of rotatable bonds is 4. The Bertz CT molecular complexity index is 228. The molecule has 1 saturated carbocycles. The summed E-state index contributed by atoms with van der Waals surface area (Å²) in [5.74, 6) is 0.0967. The van der Waals surface area contributed by atoms with Crippen molar-refractivity contribution in [3.05, 3.63) is 0 Å². The Morgan fingerprint density at radius 1 is 1.50 bits per heavy atom. The number of hydrogen-bond donors (Lipinski definition) is 2. The zero-order valence-corrected chi connectivity index (χ0v) is 10.7. The van der Waals surface area contributed by atoms with Gasteiger partial charge in [0.25, 0.3) is 0 Å². The summed E-state index contributed by atoms with van der Waals surface area (Å²) in [4.78, 5) is 13.8. The zero-order chi connectivity index (χ0) is 12.1. The molecule has 3 atom stereocenters. The first-order chi connectivity index (χ1) is 7.49. The number of carbonyl (C=O) groups excluding carboxylic acids is 1. The van der Waals surface area contributed by atoms with Gasteiger partial charge >= 0.3 is 0 Å². The summed E-state index contributed by atoms with van der Waals surface area (Å²) in [5, 5.41) is 3.09. The largest absolute Gasteiger partial charge is 0.353 e. The van der Waals surface area contributed by atoms with Gasteiger partial charge in [-0.1, -0.05) is 0 Å². The van der Waals surface area contributed by atoms with Crippen LogP contribution in [0.15, 0.2) is 0 Å². The van der Waals surface area contributed by atoms with Crippen LogP contribution >= 0.6 is 0 Å². The smallest absolute Gasteiger partial charge is 0.221 e. The Kier molecular flexibility index (Phi) is 5.22. The number of amides is 1. The fraction of sp³-hybridized carbons (Fsp3) is 0.917. The third-order valence-corrected chi connectivity index (χ3v) is 3.25. The Morgan fingerprint density at radius 3 is 2.75 bits per heavy atom. The van der Waals surface area contributed by atoms with Crippen molar-refractivity contribution in [2.24, 2.45) is 5.73 Å². The SMILES string of the molecule is CC(N)CC(=O)NC1CCCC(N(C)C)C1. The molecular formula is C12H25N3O. The van der Waals surface area contributed by atoms with Gasteiger partial charge in [-0.3, -0.25) is 4.79 Å². The van der Waals surface area contributed by atoms with Crippen molar-refractivity contribution >= 4 is 5.91 Å². The summed E-state index contributed by atoms with van der Waals surface area (Å²) in [5.41, 5.74) is 5.60. The molecule has 1 aliphatic carbocycles. The van der Waals surface area contributed by atoms with E-state index in [9.17, 15) is 4.79 Å². The minimum Gasteiger partial charge on any atom is -0.353 e. The number of nitrogens with two attached hydrogens (primary N) is 1. The van der Waals surface area contributed by atoms with Crippen LogP contribution in [0, 0.1) is 0 Å². The van der Waals surface area contributed by atoms with Crippen LogP contribution in [-0.2, 0) is 4.79 Å². The third kappa shape index (κ3) is 4.49. The Hall–Kier alpha value is -0.610. The van der Waals surface area contributed by atoms with Gasteiger partial charge in [-0.15, -0.1) is 0 Å². The van der Waals surface area contributed by atoms with Crippen molar-refractivity contribution < 1.29 is 4.79 Å². The van der Waals surface area contributed by atoms with Gasteiger partial charge in [0.2, 0.25) is 5.91 Å². The van der Waals surface area contributed by atoms with E-state index in [0.29, 0.717) is 18.5 Å². The monoisotopic (exact) mass is 227 g/mol. The lowest BCUT2D eigenvalue weighted by Crippen LogP contribution is -2.44. The Morgan fingerprint density at radius 2 is 2.19 bits per heavy atom. The van der Waals surface area contributed by atoms with Crippen LogP contribution < -0.4 is 11.1 Å². The first-order valence-corrected chi connectivity index (χ1v) is 6.20. The molecule has 4 heteroatoms. The standard InChI is InChI=1S/C12H25N3O/c1-9(13)7-12(16)14-10-5-4-6-11(8-10)15(2)3/h9-11H,4-8,13H2,1-3H3,(H,14,16). The number of carbonyl (C=O) groups is 1. The van der Waals surface area contributed by atoms with Gasteiger partial charge in [-0.2, -0.15) is 0 Å². The normalized spacial score (nSPS) is 27.8. The summed E-state index contributed by atoms with van der Waals surface area (Å²) in [6.45, 7) is 1.86. The highest BCUT2D eigenvalue weighted by atomic mass is 16.1. The molecule has 0 bridgehead atoms. The molecule has 0 heterocycles. The molecule has 0 saturated heterocycles. The molecule has 0 spiro atoms. The van der Waals surface area contributed by atoms with Crippen LogP contribution in [-0.4, -0.2) is 43.0 Å². The predicted molar refractivity (Wildman–Crippen MR) is 66.1 cm³/mol. The van der Waals surface area contributed by atoms with Crippen molar-refractivity contribution in [3.63, 3.8) is 0 Å². The molecule has 1 fully saturated rings. The lowest BCUT2D eigenvalue weighted by atomic mass is 9.90. The second-order valence-electron chi connectivity index (χ2n) is 5.23. The molecule has 3 unspecified atom stereocenters. The summed E-state index contributed by atoms with van der Waals surface area (Å²) in [7, 11) is 4.22. The van der Waals surface area contributed by atoms with E-state index in [4.69, 9.17) is 5.73 Å². The zero-order valence-electron chi connectivity index (χ0n) is 10.7. The Balaban J connectivity index is 2.34. The summed E-state index contributed by atoms with van der Waals surface area (Å²) in [6, 6.07) is 0.898. The molecule has 4 nitrogen and oxygen atoms in total. The van der Waals surface area contributed by atoms with E-state index in [0.717, 1.165) is 12.8 Å². The van der Waals surface area contributed by atoms with E-state index < -0.39 is 0 Å². The first kappa shape index (κ1) is 13.5. The van der Waals surface area contributed by atoms with Crippen LogP contribution in [0.25, 0.3) is 0 Å². The van der Waals surface area contributed by atoms with Gasteiger partial charge in [-0.25, -0.2) is 0 Å². The minimum atomic E-state index is -0.0479. The topological polar surface area (TPSA) is 58.4 Å². The quantitative estimate of drug-likeness (QED) is 0.744. The lowest BCUT2D eigenvalue weighted by Gasteiger charge is -2.33. The van der Waals surface area contributed by atoms with Crippen molar-refractivity contribution in [1.29, 1.82) is 0 Å². The first-order valence-electron chi connectivity index (χ1n) is 6.20. The van der Waals surface area contributed by atoms with Gasteiger partial charge < -0.3 is 16.0 Å². The van der Waals surface area contributed by atoms with E-state index in [1.165, 1.54) is 12.8 Å². The molecular weight excluding hydrogens is 202 g/mol. The third-order valence-electron chi connectivity index (χ3n) is 3.25. The lowest BCUT2D eigenvalue weighted by molar-refractivity contribution is -0.122.